The maximum atomic E-state index is 12.5. The molecule has 1 atom stereocenters. The molecule has 1 heterocycles. The van der Waals surface area contributed by atoms with Gasteiger partial charge < -0.3 is 9.47 Å². The average Bonchev–Trinajstić information content (AvgIpc) is 3.17. The number of terminal acetylenes is 1. The fourth-order valence-corrected chi connectivity index (χ4v) is 5.67. The quantitative estimate of drug-likeness (QED) is 0.364. The zero-order chi connectivity index (χ0) is 20.9. The highest BCUT2D eigenvalue weighted by Gasteiger charge is 2.34. The van der Waals surface area contributed by atoms with Crippen molar-refractivity contribution < 1.29 is 14.3 Å². The first-order valence-corrected chi connectivity index (χ1v) is 11.2. The molecular weight excluding hydrogens is 380 g/mol. The van der Waals surface area contributed by atoms with Crippen molar-refractivity contribution in [3.63, 3.8) is 0 Å². The number of rotatable bonds is 5. The minimum atomic E-state index is -0.644. The molecule has 1 saturated carbocycles. The van der Waals surface area contributed by atoms with Crippen LogP contribution in [0.25, 0.3) is 4.90 Å². The van der Waals surface area contributed by atoms with E-state index in [-0.39, 0.29) is 23.0 Å². The normalized spacial score (nSPS) is 15.6. The Morgan fingerprint density at radius 2 is 1.90 bits per heavy atom. The first kappa shape index (κ1) is 21.0. The largest absolute Gasteiger partial charge is 0.481 e. The molecule has 0 spiro atoms. The Hall–Kier alpha value is -2.69. The molecule has 4 heteroatoms. The summed E-state index contributed by atoms with van der Waals surface area (Å²) in [4.78, 5) is 14.6. The van der Waals surface area contributed by atoms with Crippen molar-refractivity contribution in [1.29, 1.82) is 0 Å². The number of hydrogen-bond donors (Lipinski definition) is 0. The topological polar surface area (TPSA) is 35.5 Å². The van der Waals surface area contributed by atoms with Crippen LogP contribution in [0.5, 0.6) is 5.75 Å². The van der Waals surface area contributed by atoms with Crippen molar-refractivity contribution in [3.05, 3.63) is 45.6 Å². The standard InChI is InChI=1S/C25H27O3S/c1-5-12-25(13-8-7-9-14-25)28-23(26)18-27-24-19(3)16-22(17-20(24)4)29-15-10-11-21(29)6-2/h2,10-11,15-17H,7-9,13-14,18H2,1,3-4H3/q+1. The van der Waals surface area contributed by atoms with Gasteiger partial charge in [-0.3, -0.25) is 0 Å². The van der Waals surface area contributed by atoms with Crippen molar-refractivity contribution in [2.75, 3.05) is 6.61 Å². The lowest BCUT2D eigenvalue weighted by atomic mass is 9.85. The van der Waals surface area contributed by atoms with E-state index in [0.29, 0.717) is 0 Å². The second-order valence-corrected chi connectivity index (χ2v) is 9.28. The summed E-state index contributed by atoms with van der Waals surface area (Å²) >= 11 is 0. The molecule has 29 heavy (non-hydrogen) atoms. The van der Waals surface area contributed by atoms with E-state index in [1.54, 1.807) is 6.92 Å². The van der Waals surface area contributed by atoms with Gasteiger partial charge in [-0.05, 0) is 69.6 Å². The van der Waals surface area contributed by atoms with Crippen LogP contribution >= 0.6 is 10.5 Å². The average molecular weight is 408 g/mol. The van der Waals surface area contributed by atoms with Gasteiger partial charge in [-0.1, -0.05) is 12.3 Å². The molecule has 0 aliphatic heterocycles. The summed E-state index contributed by atoms with van der Waals surface area (Å²) < 4.78 is 11.7. The SMILES string of the molecule is C#Cc1ccc[s+]1-c1cc(C)c(OCC(=O)OC2(C#CC)CCCCC2)c(C)c1. The zero-order valence-electron chi connectivity index (χ0n) is 17.3. The second kappa shape index (κ2) is 9.21. The molecular formula is C25H27O3S+. The van der Waals surface area contributed by atoms with Crippen LogP contribution in [0.1, 0.15) is 55.0 Å². The minimum Gasteiger partial charge on any atom is -0.481 e. The van der Waals surface area contributed by atoms with E-state index in [9.17, 15) is 4.79 Å². The van der Waals surface area contributed by atoms with Crippen molar-refractivity contribution >= 4 is 16.4 Å². The first-order valence-electron chi connectivity index (χ1n) is 9.96. The lowest BCUT2D eigenvalue weighted by Crippen LogP contribution is -2.37. The van der Waals surface area contributed by atoms with Gasteiger partial charge in [0.25, 0.3) is 0 Å². The van der Waals surface area contributed by atoms with Crippen LogP contribution in [-0.2, 0) is 9.53 Å². The summed E-state index contributed by atoms with van der Waals surface area (Å²) in [6.07, 6.45) is 10.5. The van der Waals surface area contributed by atoms with E-state index in [1.165, 1.54) is 6.42 Å². The third-order valence-electron chi connectivity index (χ3n) is 5.19. The Labute approximate surface area is 176 Å². The summed E-state index contributed by atoms with van der Waals surface area (Å²) in [5.74, 6) is 9.17. The van der Waals surface area contributed by atoms with Crippen LogP contribution in [0.4, 0.5) is 0 Å². The van der Waals surface area contributed by atoms with Crippen LogP contribution in [0.2, 0.25) is 0 Å². The molecule has 2 aromatic rings. The highest BCUT2D eigenvalue weighted by molar-refractivity contribution is 7.38. The third-order valence-corrected chi connectivity index (χ3v) is 7.09. The smallest absolute Gasteiger partial charge is 0.345 e. The monoisotopic (exact) mass is 407 g/mol. The highest BCUT2D eigenvalue weighted by Crippen LogP contribution is 2.39. The predicted molar refractivity (Wildman–Crippen MR) is 119 cm³/mol. The predicted octanol–water partition coefficient (Wildman–Crippen LogP) is 5.67. The van der Waals surface area contributed by atoms with Gasteiger partial charge in [-0.25, -0.2) is 4.79 Å². The van der Waals surface area contributed by atoms with Gasteiger partial charge in [-0.2, -0.15) is 0 Å². The number of carbonyl (C=O) groups excluding carboxylic acids is 1. The molecule has 150 valence electrons. The van der Waals surface area contributed by atoms with Gasteiger partial charge in [0.15, 0.2) is 17.1 Å². The summed E-state index contributed by atoms with van der Waals surface area (Å²) in [7, 11) is -0.201. The Bertz CT molecular complexity index is 968. The lowest BCUT2D eigenvalue weighted by molar-refractivity contribution is -0.159. The number of esters is 1. The third kappa shape index (κ3) is 4.84. The Balaban J connectivity index is 1.71. The molecule has 0 bridgehead atoms. The molecule has 0 N–H and O–H groups in total. The van der Waals surface area contributed by atoms with Gasteiger partial charge in [-0.15, -0.1) is 12.3 Å². The van der Waals surface area contributed by atoms with E-state index in [2.05, 4.69) is 35.3 Å². The fourth-order valence-electron chi connectivity index (χ4n) is 3.92. The van der Waals surface area contributed by atoms with E-state index < -0.39 is 5.60 Å². The van der Waals surface area contributed by atoms with Gasteiger partial charge in [0, 0.05) is 28.7 Å². The van der Waals surface area contributed by atoms with E-state index >= 15 is 0 Å². The van der Waals surface area contributed by atoms with Gasteiger partial charge in [0.2, 0.25) is 4.88 Å². The molecule has 1 unspecified atom stereocenters. The van der Waals surface area contributed by atoms with E-state index in [1.807, 2.05) is 26.0 Å². The van der Waals surface area contributed by atoms with Crippen LogP contribution in [-0.4, -0.2) is 18.2 Å². The summed E-state index contributed by atoms with van der Waals surface area (Å²) in [5, 5.41) is 2.12. The Kier molecular flexibility index (Phi) is 6.68. The molecule has 0 amide bonds. The summed E-state index contributed by atoms with van der Waals surface area (Å²) in [5.41, 5.74) is 1.32. The maximum absolute atomic E-state index is 12.5. The number of benzene rings is 1. The minimum absolute atomic E-state index is 0.116. The van der Waals surface area contributed by atoms with Crippen LogP contribution in [0, 0.1) is 38.0 Å². The van der Waals surface area contributed by atoms with E-state index in [0.717, 1.165) is 52.3 Å². The maximum Gasteiger partial charge on any atom is 0.345 e. The van der Waals surface area contributed by atoms with Crippen molar-refractivity contribution in [1.82, 2.24) is 0 Å². The van der Waals surface area contributed by atoms with Crippen LogP contribution in [0.3, 0.4) is 0 Å². The molecule has 3 nitrogen and oxygen atoms in total. The fraction of sp³-hybridized carbons (Fsp3) is 0.400. The lowest BCUT2D eigenvalue weighted by Gasteiger charge is -2.32. The zero-order valence-corrected chi connectivity index (χ0v) is 18.2. The summed E-state index contributed by atoms with van der Waals surface area (Å²) in [6.45, 7) is 5.65. The van der Waals surface area contributed by atoms with Crippen LogP contribution in [0.15, 0.2) is 29.6 Å². The van der Waals surface area contributed by atoms with Crippen molar-refractivity contribution in [2.24, 2.45) is 0 Å². The van der Waals surface area contributed by atoms with Gasteiger partial charge in [0.1, 0.15) is 11.1 Å². The molecule has 1 fully saturated rings. The van der Waals surface area contributed by atoms with Gasteiger partial charge in [0.05, 0.1) is 0 Å². The number of thiophene rings is 1. The number of ether oxygens (including phenoxy) is 2. The number of carbonyl (C=O) groups is 1. The molecule has 3 rings (SSSR count). The van der Waals surface area contributed by atoms with Crippen LogP contribution < -0.4 is 4.74 Å². The first-order chi connectivity index (χ1) is 14.0. The molecule has 0 saturated heterocycles. The molecule has 1 aliphatic carbocycles. The Morgan fingerprint density at radius 3 is 2.52 bits per heavy atom. The molecule has 1 aliphatic rings. The molecule has 1 aromatic heterocycles. The highest BCUT2D eigenvalue weighted by atomic mass is 32.2. The number of aryl methyl sites for hydroxylation is 2. The van der Waals surface area contributed by atoms with Crippen molar-refractivity contribution in [3.8, 4) is 34.8 Å². The number of hydrogen-bond acceptors (Lipinski definition) is 3. The van der Waals surface area contributed by atoms with Crippen molar-refractivity contribution in [2.45, 2.75) is 58.5 Å². The molecule has 0 radical (unpaired) electrons. The summed E-state index contributed by atoms with van der Waals surface area (Å²) in [6, 6.07) is 8.16. The van der Waals surface area contributed by atoms with E-state index in [4.69, 9.17) is 15.9 Å². The second-order valence-electron chi connectivity index (χ2n) is 7.42. The van der Waals surface area contributed by atoms with Gasteiger partial charge >= 0.3 is 5.97 Å². The Morgan fingerprint density at radius 1 is 1.21 bits per heavy atom. The molecule has 1 aromatic carbocycles.